The summed E-state index contributed by atoms with van der Waals surface area (Å²) < 4.78 is 5.02. The molecule has 5 nitrogen and oxygen atoms in total. The van der Waals surface area contributed by atoms with Crippen LogP contribution in [0.25, 0.3) is 0 Å². The number of piperidine rings is 1. The number of nitrogens with one attached hydrogen (secondary N) is 1. The van der Waals surface area contributed by atoms with Crippen molar-refractivity contribution in [1.82, 2.24) is 10.2 Å². The highest BCUT2D eigenvalue weighted by atomic mass is 16.5. The zero-order chi connectivity index (χ0) is 14.5. The molecule has 1 fully saturated rings. The maximum Gasteiger partial charge on any atom is 0.257 e. The molecule has 0 spiro atoms. The van der Waals surface area contributed by atoms with Gasteiger partial charge in [-0.3, -0.25) is 4.79 Å². The van der Waals surface area contributed by atoms with Crippen molar-refractivity contribution in [1.29, 1.82) is 0 Å². The van der Waals surface area contributed by atoms with Crippen LogP contribution in [0, 0.1) is 0 Å². The van der Waals surface area contributed by atoms with E-state index in [1.54, 1.807) is 17.0 Å². The molecule has 110 valence electrons. The average Bonchev–Trinajstić information content (AvgIpc) is 2.47. The third-order valence-electron chi connectivity index (χ3n) is 3.71. The summed E-state index contributed by atoms with van der Waals surface area (Å²) in [5, 5.41) is 13.3. The van der Waals surface area contributed by atoms with E-state index < -0.39 is 0 Å². The van der Waals surface area contributed by atoms with Crippen LogP contribution in [0.1, 0.15) is 30.1 Å². The number of carbonyl (C=O) groups excluding carboxylic acids is 1. The molecule has 1 aliphatic heterocycles. The lowest BCUT2D eigenvalue weighted by Gasteiger charge is -2.32. The standard InChI is InChI=1S/C15H22N2O3/c1-3-16-11-6-8-17(9-7-11)15(19)13-5-4-12(20-2)10-14(13)18/h4-5,10-11,16,18H,3,6-9H2,1-2H3. The van der Waals surface area contributed by atoms with E-state index in [1.807, 2.05) is 0 Å². The molecule has 0 aliphatic carbocycles. The van der Waals surface area contributed by atoms with Crippen LogP contribution in [0.15, 0.2) is 18.2 Å². The molecular weight excluding hydrogens is 256 g/mol. The highest BCUT2D eigenvalue weighted by molar-refractivity contribution is 5.97. The summed E-state index contributed by atoms with van der Waals surface area (Å²) in [6.45, 7) is 4.49. The summed E-state index contributed by atoms with van der Waals surface area (Å²) in [5.41, 5.74) is 0.340. The number of aromatic hydroxyl groups is 1. The van der Waals surface area contributed by atoms with Crippen LogP contribution in [0.3, 0.4) is 0 Å². The van der Waals surface area contributed by atoms with Gasteiger partial charge in [0.2, 0.25) is 0 Å². The molecule has 0 bridgehead atoms. The predicted octanol–water partition coefficient (Wildman–Crippen LogP) is 1.61. The van der Waals surface area contributed by atoms with E-state index in [-0.39, 0.29) is 11.7 Å². The highest BCUT2D eigenvalue weighted by Crippen LogP contribution is 2.25. The SMILES string of the molecule is CCNC1CCN(C(=O)c2ccc(OC)cc2O)CC1. The Morgan fingerprint density at radius 1 is 1.45 bits per heavy atom. The molecule has 1 aliphatic rings. The molecule has 2 rings (SSSR count). The van der Waals surface area contributed by atoms with Crippen LogP contribution in [0.5, 0.6) is 11.5 Å². The highest BCUT2D eigenvalue weighted by Gasteiger charge is 2.24. The molecule has 0 saturated carbocycles. The van der Waals surface area contributed by atoms with Crippen molar-refractivity contribution in [3.8, 4) is 11.5 Å². The summed E-state index contributed by atoms with van der Waals surface area (Å²) in [7, 11) is 1.53. The summed E-state index contributed by atoms with van der Waals surface area (Å²) in [5.74, 6) is 0.410. The van der Waals surface area contributed by atoms with E-state index in [0.29, 0.717) is 17.4 Å². The van der Waals surface area contributed by atoms with E-state index in [0.717, 1.165) is 32.5 Å². The first-order valence-electron chi connectivity index (χ1n) is 7.05. The van der Waals surface area contributed by atoms with Crippen LogP contribution in [-0.4, -0.2) is 48.7 Å². The second-order valence-electron chi connectivity index (χ2n) is 5.01. The minimum atomic E-state index is -0.111. The Balaban J connectivity index is 2.02. The van der Waals surface area contributed by atoms with Gasteiger partial charge >= 0.3 is 0 Å². The van der Waals surface area contributed by atoms with Gasteiger partial charge in [-0.05, 0) is 31.5 Å². The Kier molecular flexibility index (Phi) is 4.84. The van der Waals surface area contributed by atoms with Crippen LogP contribution in [0.4, 0.5) is 0 Å². The lowest BCUT2D eigenvalue weighted by Crippen LogP contribution is -2.44. The van der Waals surface area contributed by atoms with Gasteiger partial charge in [-0.1, -0.05) is 6.92 Å². The number of amides is 1. The van der Waals surface area contributed by atoms with Crippen molar-refractivity contribution < 1.29 is 14.6 Å². The molecule has 2 N–H and O–H groups in total. The number of ether oxygens (including phenoxy) is 1. The predicted molar refractivity (Wildman–Crippen MR) is 77.3 cm³/mol. The molecule has 1 heterocycles. The van der Waals surface area contributed by atoms with Gasteiger partial charge in [-0.15, -0.1) is 0 Å². The van der Waals surface area contributed by atoms with Gasteiger partial charge in [0.25, 0.3) is 5.91 Å². The van der Waals surface area contributed by atoms with Gasteiger partial charge in [0, 0.05) is 25.2 Å². The number of methoxy groups -OCH3 is 1. The van der Waals surface area contributed by atoms with E-state index in [4.69, 9.17) is 4.74 Å². The van der Waals surface area contributed by atoms with Crippen molar-refractivity contribution >= 4 is 5.91 Å². The van der Waals surface area contributed by atoms with Crippen molar-refractivity contribution in [2.24, 2.45) is 0 Å². The van der Waals surface area contributed by atoms with E-state index in [2.05, 4.69) is 12.2 Å². The lowest BCUT2D eigenvalue weighted by molar-refractivity contribution is 0.0703. The second kappa shape index (κ2) is 6.61. The van der Waals surface area contributed by atoms with Gasteiger partial charge in [-0.2, -0.15) is 0 Å². The van der Waals surface area contributed by atoms with Crippen molar-refractivity contribution in [3.05, 3.63) is 23.8 Å². The van der Waals surface area contributed by atoms with Crippen molar-refractivity contribution in [2.45, 2.75) is 25.8 Å². The molecule has 5 heteroatoms. The first kappa shape index (κ1) is 14.7. The second-order valence-corrected chi connectivity index (χ2v) is 5.01. The van der Waals surface area contributed by atoms with E-state index >= 15 is 0 Å². The number of phenolic OH excluding ortho intramolecular Hbond substituents is 1. The van der Waals surface area contributed by atoms with Gasteiger partial charge in [0.05, 0.1) is 12.7 Å². The van der Waals surface area contributed by atoms with Gasteiger partial charge in [-0.25, -0.2) is 0 Å². The average molecular weight is 278 g/mol. The number of hydrogen-bond donors (Lipinski definition) is 2. The van der Waals surface area contributed by atoms with Gasteiger partial charge < -0.3 is 20.1 Å². The summed E-state index contributed by atoms with van der Waals surface area (Å²) >= 11 is 0. The molecule has 1 aromatic rings. The zero-order valence-electron chi connectivity index (χ0n) is 12.1. The Bertz CT molecular complexity index is 468. The molecule has 1 aromatic carbocycles. The maximum atomic E-state index is 12.4. The minimum Gasteiger partial charge on any atom is -0.507 e. The number of carbonyl (C=O) groups is 1. The zero-order valence-corrected chi connectivity index (χ0v) is 12.1. The fourth-order valence-electron chi connectivity index (χ4n) is 2.56. The van der Waals surface area contributed by atoms with Crippen molar-refractivity contribution in [3.63, 3.8) is 0 Å². The van der Waals surface area contributed by atoms with Gasteiger partial charge in [0.1, 0.15) is 11.5 Å². The number of rotatable bonds is 4. The van der Waals surface area contributed by atoms with Crippen LogP contribution >= 0.6 is 0 Å². The Hall–Kier alpha value is -1.75. The number of hydrogen-bond acceptors (Lipinski definition) is 4. The topological polar surface area (TPSA) is 61.8 Å². The molecule has 0 radical (unpaired) electrons. The molecule has 20 heavy (non-hydrogen) atoms. The van der Waals surface area contributed by atoms with Crippen LogP contribution in [0.2, 0.25) is 0 Å². The van der Waals surface area contributed by atoms with Crippen molar-refractivity contribution in [2.75, 3.05) is 26.7 Å². The summed E-state index contributed by atoms with van der Waals surface area (Å²) in [6.07, 6.45) is 1.91. The number of phenols is 1. The quantitative estimate of drug-likeness (QED) is 0.878. The molecule has 1 amide bonds. The largest absolute Gasteiger partial charge is 0.507 e. The smallest absolute Gasteiger partial charge is 0.257 e. The Labute approximate surface area is 119 Å². The van der Waals surface area contributed by atoms with E-state index in [1.165, 1.54) is 13.2 Å². The minimum absolute atomic E-state index is 0.0249. The third kappa shape index (κ3) is 3.22. The summed E-state index contributed by atoms with van der Waals surface area (Å²) in [6, 6.07) is 5.28. The fourth-order valence-corrected chi connectivity index (χ4v) is 2.56. The number of likely N-dealkylation sites (tertiary alicyclic amines) is 1. The molecular formula is C15H22N2O3. The Morgan fingerprint density at radius 2 is 2.15 bits per heavy atom. The van der Waals surface area contributed by atoms with Crippen LogP contribution < -0.4 is 10.1 Å². The number of nitrogens with zero attached hydrogens (tertiary/aromatic N) is 1. The summed E-state index contributed by atoms with van der Waals surface area (Å²) in [4.78, 5) is 14.2. The Morgan fingerprint density at radius 3 is 2.70 bits per heavy atom. The first-order valence-corrected chi connectivity index (χ1v) is 7.05. The monoisotopic (exact) mass is 278 g/mol. The van der Waals surface area contributed by atoms with Crippen LogP contribution in [-0.2, 0) is 0 Å². The lowest BCUT2D eigenvalue weighted by atomic mass is 10.0. The molecule has 0 unspecified atom stereocenters. The van der Waals surface area contributed by atoms with E-state index in [9.17, 15) is 9.90 Å². The molecule has 0 aromatic heterocycles. The molecule has 0 atom stereocenters. The third-order valence-corrected chi connectivity index (χ3v) is 3.71. The number of benzene rings is 1. The first-order chi connectivity index (χ1) is 9.65. The van der Waals surface area contributed by atoms with Gasteiger partial charge in [0.15, 0.2) is 0 Å². The molecule has 1 saturated heterocycles. The normalized spacial score (nSPS) is 16.2. The fraction of sp³-hybridized carbons (Fsp3) is 0.533. The maximum absolute atomic E-state index is 12.4.